The highest BCUT2D eigenvalue weighted by atomic mass is 16.4. The van der Waals surface area contributed by atoms with Gasteiger partial charge in [-0.05, 0) is 38.5 Å². The van der Waals surface area contributed by atoms with E-state index in [4.69, 9.17) is 25.5 Å². The smallest absolute Gasteiger partial charge is 0.328 e. The van der Waals surface area contributed by atoms with Crippen LogP contribution in [-0.4, -0.2) is 76.8 Å². The summed E-state index contributed by atoms with van der Waals surface area (Å²) in [5.41, 5.74) is -0.824. The number of carboxylic acids is 5. The first-order chi connectivity index (χ1) is 18.8. The summed E-state index contributed by atoms with van der Waals surface area (Å²) in [6, 6.07) is 0. The van der Waals surface area contributed by atoms with E-state index in [1.165, 1.54) is 6.08 Å². The number of aliphatic hydroxyl groups is 2. The van der Waals surface area contributed by atoms with Gasteiger partial charge in [-0.2, -0.15) is 0 Å². The van der Waals surface area contributed by atoms with Crippen molar-refractivity contribution < 1.29 is 59.7 Å². The third kappa shape index (κ3) is 38.2. The standard InChI is InChI=1S/C10H22O2.C7H12O2.4C3H4O2/c1-5-9(11,6-2)10(12,7-3)8-4;1-3-6(4-2)5-7(8)9;4*1-2-3(4)5/h11-12H,5-8H2,1-4H3;5H,3-4H2,1-2H3,(H,8,9);4*2H,1H2,(H,4,5). The molecule has 0 unspecified atom stereocenters. The Morgan fingerprint density at radius 1 is 0.488 bits per heavy atom. The summed E-state index contributed by atoms with van der Waals surface area (Å²) in [5, 5.41) is 58.9. The van der Waals surface area contributed by atoms with E-state index in [-0.39, 0.29) is 0 Å². The summed E-state index contributed by atoms with van der Waals surface area (Å²) in [5.74, 6) is -4.77. The van der Waals surface area contributed by atoms with Gasteiger partial charge in [-0.25, -0.2) is 24.0 Å². The van der Waals surface area contributed by atoms with Crippen molar-refractivity contribution in [2.75, 3.05) is 0 Å². The van der Waals surface area contributed by atoms with Gasteiger partial charge in [0.2, 0.25) is 0 Å². The fourth-order valence-corrected chi connectivity index (χ4v) is 2.44. The molecule has 12 nitrogen and oxygen atoms in total. The van der Waals surface area contributed by atoms with Crippen molar-refractivity contribution in [3.05, 3.63) is 62.3 Å². The zero-order valence-corrected chi connectivity index (χ0v) is 25.1. The van der Waals surface area contributed by atoms with Gasteiger partial charge in [0.25, 0.3) is 0 Å². The molecule has 0 amide bonds. The highest BCUT2D eigenvalue weighted by molar-refractivity contribution is 5.80. The van der Waals surface area contributed by atoms with E-state index in [1.807, 2.05) is 41.5 Å². The lowest BCUT2D eigenvalue weighted by Gasteiger charge is -2.42. The van der Waals surface area contributed by atoms with E-state index in [0.29, 0.717) is 25.7 Å². The second-order valence-electron chi connectivity index (χ2n) is 7.49. The van der Waals surface area contributed by atoms with Crippen molar-refractivity contribution >= 4 is 29.8 Å². The van der Waals surface area contributed by atoms with Gasteiger partial charge in [-0.15, -0.1) is 0 Å². The van der Waals surface area contributed by atoms with Crippen LogP contribution in [0.1, 0.15) is 80.1 Å². The SMILES string of the molecule is C=CC(=O)O.C=CC(=O)O.C=CC(=O)O.C=CC(=O)O.CCC(=CC(=O)O)CC.CCC(O)(CC)C(O)(CC)CC. The Morgan fingerprint density at radius 2 is 0.659 bits per heavy atom. The minimum Gasteiger partial charge on any atom is -0.478 e. The van der Waals surface area contributed by atoms with Crippen molar-refractivity contribution in [2.45, 2.75) is 91.3 Å². The molecule has 0 saturated carbocycles. The molecule has 0 bridgehead atoms. The predicted octanol–water partition coefficient (Wildman–Crippen LogP) is 4.93. The van der Waals surface area contributed by atoms with Crippen LogP contribution >= 0.6 is 0 Å². The summed E-state index contributed by atoms with van der Waals surface area (Å²) >= 11 is 0. The molecule has 0 atom stereocenters. The second-order valence-corrected chi connectivity index (χ2v) is 7.49. The van der Waals surface area contributed by atoms with Crippen molar-refractivity contribution in [1.29, 1.82) is 0 Å². The number of rotatable bonds is 12. The van der Waals surface area contributed by atoms with Gasteiger partial charge in [-0.3, -0.25) is 0 Å². The Balaban J connectivity index is -0.0000000940. The first-order valence-electron chi connectivity index (χ1n) is 12.6. The fourth-order valence-electron chi connectivity index (χ4n) is 2.44. The first-order valence-corrected chi connectivity index (χ1v) is 12.6. The highest BCUT2D eigenvalue weighted by Gasteiger charge is 2.43. The van der Waals surface area contributed by atoms with E-state index in [1.54, 1.807) is 0 Å². The predicted molar refractivity (Wildman–Crippen MR) is 159 cm³/mol. The topological polar surface area (TPSA) is 227 Å². The molecule has 0 rings (SSSR count). The van der Waals surface area contributed by atoms with Crippen LogP contribution in [0.4, 0.5) is 0 Å². The van der Waals surface area contributed by atoms with Gasteiger partial charge in [0.1, 0.15) is 0 Å². The molecule has 0 spiro atoms. The Bertz CT molecular complexity index is 724. The van der Waals surface area contributed by atoms with Crippen LogP contribution in [-0.2, 0) is 24.0 Å². The van der Waals surface area contributed by atoms with Crippen molar-refractivity contribution in [3.8, 4) is 0 Å². The summed E-state index contributed by atoms with van der Waals surface area (Å²) in [7, 11) is 0. The van der Waals surface area contributed by atoms with Crippen LogP contribution in [0.3, 0.4) is 0 Å². The van der Waals surface area contributed by atoms with E-state index in [0.717, 1.165) is 42.7 Å². The lowest BCUT2D eigenvalue weighted by molar-refractivity contribution is -0.159. The van der Waals surface area contributed by atoms with Crippen LogP contribution in [0.25, 0.3) is 0 Å². The van der Waals surface area contributed by atoms with Crippen LogP contribution in [0.2, 0.25) is 0 Å². The van der Waals surface area contributed by atoms with Crippen LogP contribution in [0, 0.1) is 0 Å². The normalized spacial score (nSPS) is 8.98. The first kappa shape index (κ1) is 49.9. The van der Waals surface area contributed by atoms with Gasteiger partial charge in [0.15, 0.2) is 0 Å². The molecule has 41 heavy (non-hydrogen) atoms. The maximum atomic E-state index is 10.1. The highest BCUT2D eigenvalue weighted by Crippen LogP contribution is 2.34. The van der Waals surface area contributed by atoms with E-state index >= 15 is 0 Å². The van der Waals surface area contributed by atoms with Gasteiger partial charge in [-0.1, -0.05) is 73.4 Å². The Labute approximate surface area is 243 Å². The largest absolute Gasteiger partial charge is 0.478 e. The molecule has 0 aromatic carbocycles. The zero-order chi connectivity index (χ0) is 34.2. The van der Waals surface area contributed by atoms with Crippen LogP contribution < -0.4 is 0 Å². The molecule has 238 valence electrons. The maximum Gasteiger partial charge on any atom is 0.328 e. The molecule has 0 radical (unpaired) electrons. The van der Waals surface area contributed by atoms with E-state index in [9.17, 15) is 34.2 Å². The molecule has 0 aromatic rings. The van der Waals surface area contributed by atoms with Crippen molar-refractivity contribution in [2.24, 2.45) is 0 Å². The number of hydrogen-bond donors (Lipinski definition) is 7. The number of allylic oxidation sites excluding steroid dienone is 1. The minimum absolute atomic E-state index is 0.613. The summed E-state index contributed by atoms with van der Waals surface area (Å²) < 4.78 is 0. The Hall–Kier alpha value is -4.03. The van der Waals surface area contributed by atoms with Crippen LogP contribution in [0.15, 0.2) is 62.3 Å². The number of carbonyl (C=O) groups is 5. The minimum atomic E-state index is -0.981. The molecule has 0 aliphatic rings. The molecule has 0 saturated heterocycles. The number of hydrogen-bond acceptors (Lipinski definition) is 7. The molecule has 0 aliphatic carbocycles. The molecule has 0 heterocycles. The molecule has 12 heteroatoms. The van der Waals surface area contributed by atoms with Gasteiger partial charge in [0, 0.05) is 30.4 Å². The quantitative estimate of drug-likeness (QED) is 0.150. The third-order valence-electron chi connectivity index (χ3n) is 5.14. The van der Waals surface area contributed by atoms with Crippen LogP contribution in [0.5, 0.6) is 0 Å². The van der Waals surface area contributed by atoms with Gasteiger partial charge in [0.05, 0.1) is 11.2 Å². The van der Waals surface area contributed by atoms with Gasteiger partial charge < -0.3 is 35.7 Å². The molecule has 0 aromatic heterocycles. The average molecular weight is 591 g/mol. The van der Waals surface area contributed by atoms with Crippen molar-refractivity contribution in [1.82, 2.24) is 0 Å². The summed E-state index contributed by atoms with van der Waals surface area (Å²) in [6.07, 6.45) is 8.73. The molecule has 7 N–H and O–H groups in total. The maximum absolute atomic E-state index is 10.1. The fraction of sp³-hybridized carbons (Fsp3) is 0.483. The van der Waals surface area contributed by atoms with Gasteiger partial charge >= 0.3 is 29.8 Å². The van der Waals surface area contributed by atoms with Crippen molar-refractivity contribution in [3.63, 3.8) is 0 Å². The van der Waals surface area contributed by atoms with E-state index < -0.39 is 41.0 Å². The lowest BCUT2D eigenvalue weighted by atomic mass is 9.75. The number of carboxylic acid groups (broad SMARTS) is 5. The monoisotopic (exact) mass is 590 g/mol. The molecule has 0 fully saturated rings. The molecule has 0 aliphatic heterocycles. The lowest BCUT2D eigenvalue weighted by Crippen LogP contribution is -2.52. The zero-order valence-electron chi connectivity index (χ0n) is 25.1. The third-order valence-corrected chi connectivity index (χ3v) is 5.14. The average Bonchev–Trinajstić information content (AvgIpc) is 2.96. The van der Waals surface area contributed by atoms with E-state index in [2.05, 4.69) is 26.3 Å². The Kier molecular flexibility index (Phi) is 39.1. The summed E-state index contributed by atoms with van der Waals surface area (Å²) in [4.78, 5) is 47.1. The second kappa shape index (κ2) is 32.2. The molecular formula is C29H50O12. The Morgan fingerprint density at radius 3 is 0.707 bits per heavy atom. The number of aliphatic carboxylic acids is 5. The molecular weight excluding hydrogens is 540 g/mol. The summed E-state index contributed by atoms with van der Waals surface area (Å²) in [6.45, 7) is 23.4.